The van der Waals surface area contributed by atoms with E-state index in [0.717, 1.165) is 12.5 Å². The van der Waals surface area contributed by atoms with Crippen molar-refractivity contribution in [3.05, 3.63) is 28.5 Å². The van der Waals surface area contributed by atoms with Crippen molar-refractivity contribution in [3.63, 3.8) is 0 Å². The van der Waals surface area contributed by atoms with Crippen LogP contribution in [0, 0.1) is 5.82 Å². The van der Waals surface area contributed by atoms with E-state index < -0.39 is 15.8 Å². The minimum atomic E-state index is -3.80. The van der Waals surface area contributed by atoms with Crippen LogP contribution in [0.5, 0.6) is 0 Å². The summed E-state index contributed by atoms with van der Waals surface area (Å²) in [4.78, 5) is -0.334. The predicted octanol–water partition coefficient (Wildman–Crippen LogP) is 3.07. The molecule has 0 radical (unpaired) electrons. The van der Waals surface area contributed by atoms with Crippen LogP contribution in [0.2, 0.25) is 0 Å². The van der Waals surface area contributed by atoms with Crippen LogP contribution >= 0.6 is 15.9 Å². The van der Waals surface area contributed by atoms with Gasteiger partial charge in [0.2, 0.25) is 10.0 Å². The Bertz CT molecular complexity index is 534. The van der Waals surface area contributed by atoms with Crippen LogP contribution in [0.4, 0.5) is 4.39 Å². The molecule has 0 saturated heterocycles. The van der Waals surface area contributed by atoms with E-state index in [1.54, 1.807) is 0 Å². The highest BCUT2D eigenvalue weighted by molar-refractivity contribution is 9.10. The molecule has 1 rings (SSSR count). The summed E-state index contributed by atoms with van der Waals surface area (Å²) in [6, 6.07) is 3.86. The number of sulfonamides is 1. The van der Waals surface area contributed by atoms with Crippen molar-refractivity contribution in [1.82, 2.24) is 4.72 Å². The molecule has 0 fully saturated rings. The van der Waals surface area contributed by atoms with Crippen molar-refractivity contribution in [2.24, 2.45) is 0 Å². The summed E-state index contributed by atoms with van der Waals surface area (Å²) in [5.74, 6) is -0.769. The average Bonchev–Trinajstić information content (AvgIpc) is 2.32. The van der Waals surface area contributed by atoms with Gasteiger partial charge < -0.3 is 4.74 Å². The third-order valence-electron chi connectivity index (χ3n) is 2.50. The number of hydrogen-bond acceptors (Lipinski definition) is 3. The second-order valence-electron chi connectivity index (χ2n) is 4.60. The Balaban J connectivity index is 2.46. The monoisotopic (exact) mass is 367 g/mol. The van der Waals surface area contributed by atoms with Gasteiger partial charge in [0.25, 0.3) is 0 Å². The fourth-order valence-corrected chi connectivity index (χ4v) is 2.99. The molecule has 0 saturated carbocycles. The second-order valence-corrected chi connectivity index (χ2v) is 7.25. The molecule has 0 aromatic heterocycles. The number of nitrogens with one attached hydrogen (secondary N) is 1. The summed E-state index contributed by atoms with van der Waals surface area (Å²) in [5, 5.41) is 0. The average molecular weight is 368 g/mol. The number of ether oxygens (including phenoxy) is 1. The van der Waals surface area contributed by atoms with Gasteiger partial charge in [-0.3, -0.25) is 0 Å². The normalized spacial score (nSPS) is 12.1. The van der Waals surface area contributed by atoms with E-state index >= 15 is 0 Å². The van der Waals surface area contributed by atoms with Crippen molar-refractivity contribution in [1.29, 1.82) is 0 Å². The van der Waals surface area contributed by atoms with Crippen LogP contribution in [-0.2, 0) is 14.8 Å². The van der Waals surface area contributed by atoms with Gasteiger partial charge in [0.1, 0.15) is 10.7 Å². The Kier molecular flexibility index (Phi) is 7.08. The van der Waals surface area contributed by atoms with Gasteiger partial charge in [0.15, 0.2) is 0 Å². The summed E-state index contributed by atoms with van der Waals surface area (Å²) in [5.41, 5.74) is 0. The first-order valence-corrected chi connectivity index (χ1v) is 8.67. The summed E-state index contributed by atoms with van der Waals surface area (Å²) < 4.78 is 45.6. The van der Waals surface area contributed by atoms with Gasteiger partial charge in [0.05, 0.1) is 6.10 Å². The molecule has 20 heavy (non-hydrogen) atoms. The lowest BCUT2D eigenvalue weighted by atomic mass is 10.3. The Morgan fingerprint density at radius 2 is 2.05 bits per heavy atom. The van der Waals surface area contributed by atoms with Gasteiger partial charge >= 0.3 is 0 Å². The lowest BCUT2D eigenvalue weighted by Gasteiger charge is -2.09. The minimum Gasteiger partial charge on any atom is -0.379 e. The van der Waals surface area contributed by atoms with Crippen LogP contribution in [0.15, 0.2) is 27.6 Å². The molecule has 0 aliphatic carbocycles. The Morgan fingerprint density at radius 3 is 2.65 bits per heavy atom. The van der Waals surface area contributed by atoms with Crippen LogP contribution in [0.1, 0.15) is 26.7 Å². The molecule has 7 heteroatoms. The molecule has 1 aromatic carbocycles. The minimum absolute atomic E-state index is 0.170. The summed E-state index contributed by atoms with van der Waals surface area (Å²) in [6.07, 6.45) is 1.57. The summed E-state index contributed by atoms with van der Waals surface area (Å²) in [7, 11) is -3.80. The molecule has 114 valence electrons. The molecule has 4 nitrogen and oxygen atoms in total. The molecular weight excluding hydrogens is 349 g/mol. The zero-order chi connectivity index (χ0) is 15.2. The largest absolute Gasteiger partial charge is 0.379 e. The Hall–Kier alpha value is -0.500. The van der Waals surface area contributed by atoms with Gasteiger partial charge in [-0.25, -0.2) is 17.5 Å². The zero-order valence-corrected chi connectivity index (χ0v) is 13.9. The van der Waals surface area contributed by atoms with Gasteiger partial charge in [-0.05, 0) is 44.9 Å². The molecule has 0 aliphatic heterocycles. The van der Waals surface area contributed by atoms with Gasteiger partial charge in [-0.2, -0.15) is 0 Å². The summed E-state index contributed by atoms with van der Waals surface area (Å²) in [6.45, 7) is 4.74. The van der Waals surface area contributed by atoms with E-state index in [1.165, 1.54) is 12.1 Å². The quantitative estimate of drug-likeness (QED) is 0.718. The standard InChI is InChI=1S/C13H19BrFNO3S/c1-10(2)19-8-4-3-7-16-20(17,18)13-6-5-11(14)9-12(13)15/h5-6,9-10,16H,3-4,7-8H2,1-2H3. The highest BCUT2D eigenvalue weighted by Gasteiger charge is 2.18. The Morgan fingerprint density at radius 1 is 1.35 bits per heavy atom. The van der Waals surface area contributed by atoms with Crippen molar-refractivity contribution in [2.45, 2.75) is 37.7 Å². The van der Waals surface area contributed by atoms with E-state index in [2.05, 4.69) is 20.7 Å². The van der Waals surface area contributed by atoms with Crippen molar-refractivity contribution in [3.8, 4) is 0 Å². The molecule has 0 heterocycles. The predicted molar refractivity (Wildman–Crippen MR) is 79.6 cm³/mol. The van der Waals surface area contributed by atoms with E-state index in [1.807, 2.05) is 13.8 Å². The number of halogens is 2. The first-order chi connectivity index (χ1) is 9.33. The molecule has 0 spiro atoms. The highest BCUT2D eigenvalue weighted by atomic mass is 79.9. The molecule has 0 unspecified atom stereocenters. The van der Waals surface area contributed by atoms with Gasteiger partial charge in [0, 0.05) is 17.6 Å². The zero-order valence-electron chi connectivity index (χ0n) is 11.5. The SMILES string of the molecule is CC(C)OCCCCNS(=O)(=O)c1ccc(Br)cc1F. The van der Waals surface area contributed by atoms with Crippen molar-refractivity contribution >= 4 is 26.0 Å². The third kappa shape index (κ3) is 5.87. The number of unbranched alkanes of at least 4 members (excludes halogenated alkanes) is 1. The molecule has 1 N–H and O–H groups in total. The smallest absolute Gasteiger partial charge is 0.243 e. The first kappa shape index (κ1) is 17.6. The van der Waals surface area contributed by atoms with E-state index in [-0.39, 0.29) is 17.5 Å². The molecule has 0 atom stereocenters. The number of benzene rings is 1. The second kappa shape index (κ2) is 8.07. The highest BCUT2D eigenvalue weighted by Crippen LogP contribution is 2.19. The Labute approximate surface area is 127 Å². The maximum atomic E-state index is 13.6. The van der Waals surface area contributed by atoms with E-state index in [0.29, 0.717) is 17.5 Å². The van der Waals surface area contributed by atoms with E-state index in [9.17, 15) is 12.8 Å². The fourth-order valence-electron chi connectivity index (χ4n) is 1.52. The molecule has 0 amide bonds. The van der Waals surface area contributed by atoms with Gasteiger partial charge in [-0.15, -0.1) is 0 Å². The molecule has 0 aliphatic rings. The van der Waals surface area contributed by atoms with Crippen LogP contribution in [-0.4, -0.2) is 27.7 Å². The van der Waals surface area contributed by atoms with Crippen LogP contribution in [0.3, 0.4) is 0 Å². The van der Waals surface area contributed by atoms with Crippen molar-refractivity contribution in [2.75, 3.05) is 13.2 Å². The molecule has 1 aromatic rings. The molecular formula is C13H19BrFNO3S. The van der Waals surface area contributed by atoms with Crippen molar-refractivity contribution < 1.29 is 17.5 Å². The van der Waals surface area contributed by atoms with Gasteiger partial charge in [-0.1, -0.05) is 15.9 Å². The lowest BCUT2D eigenvalue weighted by molar-refractivity contribution is 0.0762. The summed E-state index contributed by atoms with van der Waals surface area (Å²) >= 11 is 3.09. The fraction of sp³-hybridized carbons (Fsp3) is 0.538. The number of rotatable bonds is 8. The maximum Gasteiger partial charge on any atom is 0.243 e. The topological polar surface area (TPSA) is 55.4 Å². The van der Waals surface area contributed by atoms with Crippen LogP contribution in [0.25, 0.3) is 0 Å². The third-order valence-corrected chi connectivity index (χ3v) is 4.49. The number of hydrogen-bond donors (Lipinski definition) is 1. The lowest BCUT2D eigenvalue weighted by Crippen LogP contribution is -2.26. The maximum absolute atomic E-state index is 13.6. The molecule has 0 bridgehead atoms. The van der Waals surface area contributed by atoms with Crippen LogP contribution < -0.4 is 4.72 Å². The van der Waals surface area contributed by atoms with E-state index in [4.69, 9.17) is 4.74 Å². The first-order valence-electron chi connectivity index (χ1n) is 6.39.